The number of hydrogen-bond acceptors (Lipinski definition) is 5. The Morgan fingerprint density at radius 3 is 2.42 bits per heavy atom. The fourth-order valence-electron chi connectivity index (χ4n) is 3.01. The van der Waals surface area contributed by atoms with Gasteiger partial charge in [0.05, 0.1) is 13.7 Å². The minimum absolute atomic E-state index is 0.0994. The van der Waals surface area contributed by atoms with Crippen LogP contribution in [0, 0.1) is 6.92 Å². The van der Waals surface area contributed by atoms with E-state index in [4.69, 9.17) is 14.2 Å². The number of carbonyl (C=O) groups excluding carboxylic acids is 1. The van der Waals surface area contributed by atoms with E-state index in [0.29, 0.717) is 24.7 Å². The Balaban J connectivity index is 1.60. The second kappa shape index (κ2) is 10.9. The predicted molar refractivity (Wildman–Crippen MR) is 123 cm³/mol. The Bertz CT molecular complexity index is 1000. The lowest BCUT2D eigenvalue weighted by molar-refractivity contribution is -0.118. The van der Waals surface area contributed by atoms with Crippen molar-refractivity contribution < 1.29 is 19.0 Å². The molecule has 0 atom stereocenters. The maximum absolute atomic E-state index is 12.3. The number of nitrogens with one attached hydrogen (secondary N) is 2. The summed E-state index contributed by atoms with van der Waals surface area (Å²) in [5.74, 6) is 1.74. The summed E-state index contributed by atoms with van der Waals surface area (Å²) in [6.07, 6.45) is 0. The topological polar surface area (TPSA) is 68.8 Å². The van der Waals surface area contributed by atoms with E-state index >= 15 is 0 Å². The molecule has 0 bridgehead atoms. The lowest BCUT2D eigenvalue weighted by Gasteiger charge is -2.14. The molecule has 0 heterocycles. The molecule has 3 rings (SSSR count). The molecule has 0 aromatic heterocycles. The zero-order valence-corrected chi connectivity index (χ0v) is 18.1. The number of hydrogen-bond donors (Lipinski definition) is 2. The summed E-state index contributed by atoms with van der Waals surface area (Å²) in [7, 11) is 1.65. The van der Waals surface area contributed by atoms with Crippen LogP contribution in [-0.2, 0) is 11.3 Å². The Hall–Kier alpha value is -3.67. The van der Waals surface area contributed by atoms with Crippen LogP contribution < -0.4 is 24.8 Å². The molecule has 0 radical (unpaired) electrons. The minimum atomic E-state index is -0.220. The van der Waals surface area contributed by atoms with Crippen molar-refractivity contribution in [3.05, 3.63) is 77.9 Å². The van der Waals surface area contributed by atoms with Gasteiger partial charge in [0.25, 0.3) is 5.91 Å². The lowest BCUT2D eigenvalue weighted by Crippen LogP contribution is -2.20. The molecule has 0 saturated carbocycles. The molecular weight excluding hydrogens is 392 g/mol. The van der Waals surface area contributed by atoms with Gasteiger partial charge in [-0.3, -0.25) is 4.79 Å². The molecule has 1 amide bonds. The molecule has 31 heavy (non-hydrogen) atoms. The zero-order chi connectivity index (χ0) is 22.1. The molecule has 3 aromatic rings. The van der Waals surface area contributed by atoms with Crippen LogP contribution in [0.2, 0.25) is 0 Å². The number of para-hydroxylation sites is 1. The fourth-order valence-corrected chi connectivity index (χ4v) is 3.01. The highest BCUT2D eigenvalue weighted by atomic mass is 16.5. The number of anilines is 2. The Kier molecular flexibility index (Phi) is 7.76. The van der Waals surface area contributed by atoms with E-state index in [1.807, 2.05) is 80.6 Å². The predicted octanol–water partition coefficient (Wildman–Crippen LogP) is 5.03. The van der Waals surface area contributed by atoms with Gasteiger partial charge in [0, 0.05) is 17.9 Å². The smallest absolute Gasteiger partial charge is 0.262 e. The summed E-state index contributed by atoms with van der Waals surface area (Å²) >= 11 is 0. The van der Waals surface area contributed by atoms with Gasteiger partial charge in [-0.25, -0.2) is 0 Å². The SMILES string of the molecule is CCOc1cc(CNc2ccc(OC)cc2)ccc1OCC(=O)Nc1ccccc1C. The van der Waals surface area contributed by atoms with Gasteiger partial charge < -0.3 is 24.8 Å². The second-order valence-corrected chi connectivity index (χ2v) is 6.95. The van der Waals surface area contributed by atoms with E-state index in [9.17, 15) is 4.79 Å². The second-order valence-electron chi connectivity index (χ2n) is 6.95. The molecule has 6 heteroatoms. The first-order valence-electron chi connectivity index (χ1n) is 10.2. The highest BCUT2D eigenvalue weighted by molar-refractivity contribution is 5.92. The van der Waals surface area contributed by atoms with E-state index in [1.54, 1.807) is 7.11 Å². The number of methoxy groups -OCH3 is 1. The zero-order valence-electron chi connectivity index (χ0n) is 18.1. The van der Waals surface area contributed by atoms with Crippen molar-refractivity contribution in [3.8, 4) is 17.2 Å². The first-order chi connectivity index (χ1) is 15.1. The van der Waals surface area contributed by atoms with Crippen LogP contribution in [0.15, 0.2) is 66.7 Å². The minimum Gasteiger partial charge on any atom is -0.497 e. The maximum atomic E-state index is 12.3. The van der Waals surface area contributed by atoms with Gasteiger partial charge in [0.2, 0.25) is 0 Å². The molecule has 0 spiro atoms. The van der Waals surface area contributed by atoms with Gasteiger partial charge in [0.1, 0.15) is 5.75 Å². The van der Waals surface area contributed by atoms with Crippen molar-refractivity contribution in [2.24, 2.45) is 0 Å². The molecule has 0 aliphatic heterocycles. The average Bonchev–Trinajstić information content (AvgIpc) is 2.79. The molecule has 0 unspecified atom stereocenters. The fraction of sp³-hybridized carbons (Fsp3) is 0.240. The first kappa shape index (κ1) is 22.0. The summed E-state index contributed by atoms with van der Waals surface area (Å²) in [6.45, 7) is 4.89. The van der Waals surface area contributed by atoms with Crippen LogP contribution in [-0.4, -0.2) is 26.2 Å². The largest absolute Gasteiger partial charge is 0.497 e. The Morgan fingerprint density at radius 1 is 0.935 bits per heavy atom. The maximum Gasteiger partial charge on any atom is 0.262 e. The third-order valence-corrected chi connectivity index (χ3v) is 4.67. The van der Waals surface area contributed by atoms with Crippen molar-refractivity contribution in [1.29, 1.82) is 0 Å². The van der Waals surface area contributed by atoms with Crippen LogP contribution >= 0.6 is 0 Å². The molecule has 0 saturated heterocycles. The Morgan fingerprint density at radius 2 is 1.71 bits per heavy atom. The number of amides is 1. The summed E-state index contributed by atoms with van der Waals surface area (Å²) in [5, 5.41) is 6.23. The van der Waals surface area contributed by atoms with Crippen molar-refractivity contribution >= 4 is 17.3 Å². The van der Waals surface area contributed by atoms with Gasteiger partial charge in [0.15, 0.2) is 18.1 Å². The molecule has 162 valence electrons. The number of ether oxygens (including phenoxy) is 3. The van der Waals surface area contributed by atoms with Crippen molar-refractivity contribution in [2.45, 2.75) is 20.4 Å². The molecule has 0 fully saturated rings. The first-order valence-corrected chi connectivity index (χ1v) is 10.2. The van der Waals surface area contributed by atoms with Crippen molar-refractivity contribution in [3.63, 3.8) is 0 Å². The van der Waals surface area contributed by atoms with Crippen LogP contribution in [0.5, 0.6) is 17.2 Å². The van der Waals surface area contributed by atoms with E-state index in [1.165, 1.54) is 0 Å². The van der Waals surface area contributed by atoms with Crippen LogP contribution in [0.4, 0.5) is 11.4 Å². The van der Waals surface area contributed by atoms with Crippen LogP contribution in [0.25, 0.3) is 0 Å². The number of aryl methyl sites for hydroxylation is 1. The van der Waals surface area contributed by atoms with Gasteiger partial charge in [-0.05, 0) is 67.4 Å². The van der Waals surface area contributed by atoms with E-state index in [0.717, 1.165) is 28.3 Å². The molecule has 6 nitrogen and oxygen atoms in total. The standard InChI is InChI=1S/C25H28N2O4/c1-4-30-24-15-19(16-26-20-10-12-21(29-3)13-11-20)9-14-23(24)31-17-25(28)27-22-8-6-5-7-18(22)2/h5-15,26H,4,16-17H2,1-3H3,(H,27,28). The molecular formula is C25H28N2O4. The average molecular weight is 421 g/mol. The highest BCUT2D eigenvalue weighted by Crippen LogP contribution is 2.29. The molecule has 2 N–H and O–H groups in total. The van der Waals surface area contributed by atoms with Gasteiger partial charge in [-0.2, -0.15) is 0 Å². The molecule has 3 aromatic carbocycles. The van der Waals surface area contributed by atoms with Crippen LogP contribution in [0.1, 0.15) is 18.1 Å². The Labute approximate surface area is 183 Å². The van der Waals surface area contributed by atoms with Gasteiger partial charge in [-0.1, -0.05) is 24.3 Å². The van der Waals surface area contributed by atoms with Crippen LogP contribution in [0.3, 0.4) is 0 Å². The summed E-state index contributed by atoms with van der Waals surface area (Å²) < 4.78 is 16.6. The van der Waals surface area contributed by atoms with E-state index in [2.05, 4.69) is 10.6 Å². The third-order valence-electron chi connectivity index (χ3n) is 4.67. The normalized spacial score (nSPS) is 10.3. The monoisotopic (exact) mass is 420 g/mol. The van der Waals surface area contributed by atoms with Gasteiger partial charge >= 0.3 is 0 Å². The summed E-state index contributed by atoms with van der Waals surface area (Å²) in [5.41, 5.74) is 3.81. The third kappa shape index (κ3) is 6.40. The van der Waals surface area contributed by atoms with Gasteiger partial charge in [-0.15, -0.1) is 0 Å². The van der Waals surface area contributed by atoms with Crippen molar-refractivity contribution in [2.75, 3.05) is 31.0 Å². The van der Waals surface area contributed by atoms with Crippen molar-refractivity contribution in [1.82, 2.24) is 0 Å². The number of rotatable bonds is 10. The number of carbonyl (C=O) groups is 1. The lowest BCUT2D eigenvalue weighted by atomic mass is 10.2. The summed E-state index contributed by atoms with van der Waals surface area (Å²) in [6, 6.07) is 21.1. The van der Waals surface area contributed by atoms with E-state index < -0.39 is 0 Å². The highest BCUT2D eigenvalue weighted by Gasteiger charge is 2.10. The summed E-state index contributed by atoms with van der Waals surface area (Å²) in [4.78, 5) is 12.3. The molecule has 0 aliphatic carbocycles. The quantitative estimate of drug-likeness (QED) is 0.481. The number of benzene rings is 3. The molecule has 0 aliphatic rings. The van der Waals surface area contributed by atoms with E-state index in [-0.39, 0.29) is 12.5 Å².